The van der Waals surface area contributed by atoms with Crippen molar-refractivity contribution in [3.05, 3.63) is 343 Å². The summed E-state index contributed by atoms with van der Waals surface area (Å²) in [6.45, 7) is 23.6. The monoisotopic (exact) mass is 1410 g/mol. The van der Waals surface area contributed by atoms with E-state index in [0.717, 1.165) is 90.1 Å². The third-order valence-electron chi connectivity index (χ3n) is 23.9. The number of aliphatic hydroxyl groups is 2. The number of halogens is 1. The van der Waals surface area contributed by atoms with E-state index in [1.807, 2.05) is 0 Å². The van der Waals surface area contributed by atoms with E-state index in [0.29, 0.717) is 24.3 Å². The smallest absolute Gasteiger partial charge is 0.333 e. The highest BCUT2D eigenvalue weighted by Crippen LogP contribution is 2.59. The van der Waals surface area contributed by atoms with Crippen molar-refractivity contribution in [2.75, 3.05) is 73.2 Å². The molecule has 9 aromatic rings. The summed E-state index contributed by atoms with van der Waals surface area (Å²) < 4.78 is 5.51. The number of allylic oxidation sites excluding steroid dienone is 1. The summed E-state index contributed by atoms with van der Waals surface area (Å²) in [5, 5.41) is 26.1. The Morgan fingerprint density at radius 1 is 0.404 bits per heavy atom. The van der Waals surface area contributed by atoms with Gasteiger partial charge in [0.05, 0.1) is 6.61 Å². The van der Waals surface area contributed by atoms with Gasteiger partial charge in [0.2, 0.25) is 5.24 Å². The number of nitrogens with two attached hydrogens (primary N) is 1. The van der Waals surface area contributed by atoms with Crippen LogP contribution in [0.1, 0.15) is 173 Å². The highest BCUT2D eigenvalue weighted by Gasteiger charge is 2.54. The van der Waals surface area contributed by atoms with Gasteiger partial charge in [-0.25, -0.2) is 4.79 Å². The Hall–Kier alpha value is -8.35. The Balaban J connectivity index is 0.000000144. The Kier molecular flexibility index (Phi) is 25.0. The molecule has 0 radical (unpaired) electrons. The van der Waals surface area contributed by atoms with E-state index < -0.39 is 5.24 Å². The fourth-order valence-corrected chi connectivity index (χ4v) is 19.3. The molecular weight excluding hydrogens is 1300 g/mol. The van der Waals surface area contributed by atoms with E-state index in [1.54, 1.807) is 13.8 Å². The SMILES string of the molecule is C=C(C)C(=O)Cl.C=C(C)C(=O)OCCCC12Cc3ccccc3C(CNC)(Cc3ccccc31)c1ccccc12.CCN(CC)CC.CNCC12Cc3ccccc3C(CCCO)(Cc3ccccc31)c1ccccc12.NCC12Cc3ccccc3C(CCCO)(Cc3ccccc31)c1ccccc12. The number of nitrogens with zero attached hydrogens (tertiary/aromatic N) is 1. The molecule has 104 heavy (non-hydrogen) atoms. The highest BCUT2D eigenvalue weighted by atomic mass is 35.5. The fraction of sp³-hybridized carbons (Fsp3) is 0.362. The van der Waals surface area contributed by atoms with Crippen LogP contribution in [0.25, 0.3) is 0 Å². The molecule has 0 amide bonds. The third-order valence-corrected chi connectivity index (χ3v) is 24.2. The van der Waals surface area contributed by atoms with Crippen LogP contribution in [0.4, 0.5) is 0 Å². The lowest BCUT2D eigenvalue weighted by atomic mass is 9.66. The number of likely N-dealkylation sites (N-methyl/N-ethyl adjacent to an activating group) is 2. The Morgan fingerprint density at radius 3 is 0.885 bits per heavy atom. The lowest BCUT2D eigenvalue weighted by Crippen LogP contribution is -2.40. The van der Waals surface area contributed by atoms with Crippen LogP contribution in [0.15, 0.2) is 243 Å². The number of carbonyl (C=O) groups is 2. The van der Waals surface area contributed by atoms with E-state index in [1.165, 1.54) is 120 Å². The molecule has 0 aliphatic heterocycles. The van der Waals surface area contributed by atoms with Gasteiger partial charge in [0.15, 0.2) is 0 Å². The minimum atomic E-state index is -0.463. The molecule has 542 valence electrons. The predicted molar refractivity (Wildman–Crippen MR) is 429 cm³/mol. The van der Waals surface area contributed by atoms with Gasteiger partial charge in [-0.15, -0.1) is 0 Å². The van der Waals surface area contributed by atoms with Crippen LogP contribution in [0.2, 0.25) is 0 Å². The number of nitrogens with one attached hydrogen (secondary N) is 2. The first-order valence-corrected chi connectivity index (χ1v) is 38.3. The van der Waals surface area contributed by atoms with Gasteiger partial charge in [-0.2, -0.15) is 0 Å². The largest absolute Gasteiger partial charge is 0.462 e. The Bertz CT molecular complexity index is 4480. The van der Waals surface area contributed by atoms with Crippen molar-refractivity contribution in [2.24, 2.45) is 5.73 Å². The first-order chi connectivity index (χ1) is 50.5. The molecule has 6 aliphatic carbocycles. The van der Waals surface area contributed by atoms with Crippen LogP contribution in [0, 0.1) is 0 Å². The number of ether oxygens (including phenoxy) is 1. The maximum absolute atomic E-state index is 12.0. The molecule has 0 spiro atoms. The second-order valence-corrected chi connectivity index (χ2v) is 30.1. The van der Waals surface area contributed by atoms with E-state index in [9.17, 15) is 19.8 Å². The minimum Gasteiger partial charge on any atom is -0.462 e. The molecule has 6 unspecified atom stereocenters. The zero-order valence-electron chi connectivity index (χ0n) is 62.6. The van der Waals surface area contributed by atoms with E-state index in [2.05, 4.69) is 282 Å². The zero-order chi connectivity index (χ0) is 73.7. The molecule has 6 N–H and O–H groups in total. The molecule has 0 fully saturated rings. The van der Waals surface area contributed by atoms with E-state index >= 15 is 0 Å². The highest BCUT2D eigenvalue weighted by molar-refractivity contribution is 6.67. The average Bonchev–Trinajstić information content (AvgIpc) is 1.56. The Morgan fingerprint density at radius 2 is 0.635 bits per heavy atom. The van der Waals surface area contributed by atoms with Crippen molar-refractivity contribution in [1.29, 1.82) is 0 Å². The van der Waals surface area contributed by atoms with E-state index in [4.69, 9.17) is 22.1 Å². The number of rotatable bonds is 20. The van der Waals surface area contributed by atoms with Crippen molar-refractivity contribution >= 4 is 22.8 Å². The van der Waals surface area contributed by atoms with E-state index in [-0.39, 0.29) is 51.7 Å². The lowest BCUT2D eigenvalue weighted by Gasteiger charge is -2.38. The molecule has 0 heterocycles. The number of aliphatic hydroxyl groups excluding tert-OH is 2. The van der Waals surface area contributed by atoms with Gasteiger partial charge < -0.3 is 36.2 Å². The lowest BCUT2D eigenvalue weighted by molar-refractivity contribution is -0.139. The number of fused-ring (bicyclic) bond motifs is 12. The van der Waals surface area contributed by atoms with Gasteiger partial charge >= 0.3 is 5.97 Å². The summed E-state index contributed by atoms with van der Waals surface area (Å²) in [7, 11) is 4.13. The molecule has 0 aromatic heterocycles. The van der Waals surface area contributed by atoms with Crippen molar-refractivity contribution in [3.8, 4) is 0 Å². The van der Waals surface area contributed by atoms with Crippen LogP contribution < -0.4 is 16.4 Å². The average molecular weight is 1410 g/mol. The van der Waals surface area contributed by atoms with Crippen molar-refractivity contribution < 1.29 is 24.5 Å². The number of hydrogen-bond acceptors (Lipinski definition) is 9. The van der Waals surface area contributed by atoms with Gasteiger partial charge in [0.25, 0.3) is 0 Å². The second-order valence-electron chi connectivity index (χ2n) is 29.7. The van der Waals surface area contributed by atoms with Crippen LogP contribution in [0.3, 0.4) is 0 Å². The number of benzene rings is 9. The second kappa shape index (κ2) is 33.8. The van der Waals surface area contributed by atoms with Gasteiger partial charge in [0, 0.05) is 76.5 Å². The van der Waals surface area contributed by atoms with Gasteiger partial charge in [-0.1, -0.05) is 252 Å². The number of carbonyl (C=O) groups excluding carboxylic acids is 2. The summed E-state index contributed by atoms with van der Waals surface area (Å²) in [5.41, 5.74) is 32.2. The summed E-state index contributed by atoms with van der Waals surface area (Å²) in [6.07, 6.45) is 11.0. The molecule has 6 atom stereocenters. The molecule has 0 saturated carbocycles. The van der Waals surface area contributed by atoms with Crippen LogP contribution in [-0.4, -0.2) is 99.5 Å². The summed E-state index contributed by atoms with van der Waals surface area (Å²) in [6, 6.07) is 81.0. The van der Waals surface area contributed by atoms with Gasteiger partial charge in [0.1, 0.15) is 0 Å². The minimum absolute atomic E-state index is 0.0878. The summed E-state index contributed by atoms with van der Waals surface area (Å²) in [4.78, 5) is 24.2. The van der Waals surface area contributed by atoms with Crippen molar-refractivity contribution in [2.45, 2.75) is 144 Å². The summed E-state index contributed by atoms with van der Waals surface area (Å²) in [5.74, 6) is -0.307. The molecular formula is C94H109ClN4O5. The van der Waals surface area contributed by atoms with Gasteiger partial charge in [-0.05, 0) is 236 Å². The third kappa shape index (κ3) is 14.5. The predicted octanol–water partition coefficient (Wildman–Crippen LogP) is 16.6. The first kappa shape index (κ1) is 76.8. The maximum Gasteiger partial charge on any atom is 0.333 e. The molecule has 10 heteroatoms. The molecule has 0 saturated heterocycles. The molecule has 9 aromatic carbocycles. The zero-order valence-corrected chi connectivity index (χ0v) is 63.3. The number of hydrogen-bond donors (Lipinski definition) is 5. The number of esters is 1. The van der Waals surface area contributed by atoms with Crippen LogP contribution in [0.5, 0.6) is 0 Å². The van der Waals surface area contributed by atoms with Crippen LogP contribution >= 0.6 is 11.6 Å². The quantitative estimate of drug-likeness (QED) is 0.0219. The topological polar surface area (TPSA) is 137 Å². The Labute approximate surface area is 625 Å². The molecule has 9 nitrogen and oxygen atoms in total. The van der Waals surface area contributed by atoms with Gasteiger partial charge in [-0.3, -0.25) is 4.79 Å². The first-order valence-electron chi connectivity index (χ1n) is 37.9. The fourth-order valence-electron chi connectivity index (χ4n) is 19.3. The van der Waals surface area contributed by atoms with Crippen LogP contribution in [-0.2, 0) is 85.3 Å². The summed E-state index contributed by atoms with van der Waals surface area (Å²) >= 11 is 4.87. The normalized spacial score (nSPS) is 21.7. The maximum atomic E-state index is 12.0. The molecule has 6 aliphatic rings. The van der Waals surface area contributed by atoms with Crippen molar-refractivity contribution in [1.82, 2.24) is 15.5 Å². The standard InChI is InChI=1S/C31H33NO2.C27H29NO.C26H27NO.C6H15N.C4H5ClO/c1-22(2)29(33)34-18-10-17-30-19-23-11-5-7-14-26(23)31(21-32-3,28-16-9-8-15-27(28)30)20-24-12-4-6-13-25(24)30;1-28-19-27-18-21-10-2-4-11-22(21)26(15-8-16-29,24-13-6-7-14-25(24)27)17-20-9-3-5-12-23(20)27;27-18-26-17-20-9-1-3-10-21(20)25(14-7-15-28,23-12-5-6-13-24(23)26)16-19-8-2-4-11-22(19)26;1-4-7(5-2)6-3;1-3(2)4(5)6/h4-9,11-16,32H,1,10,17-21H2,2-3H3;2-7,9-14,28-29H,8,15-19H2,1H3;1-6,8-13,28H,7,14-18,27H2;4-6H2,1-3H3;1H2,2H3. The molecule has 15 rings (SSSR count). The van der Waals surface area contributed by atoms with Crippen molar-refractivity contribution in [3.63, 3.8) is 0 Å². The molecule has 6 bridgehead atoms.